The third kappa shape index (κ3) is 5.32. The van der Waals surface area contributed by atoms with Crippen molar-refractivity contribution in [2.75, 3.05) is 18.4 Å². The molecule has 1 aliphatic heterocycles. The summed E-state index contributed by atoms with van der Waals surface area (Å²) in [4.78, 5) is 17.0. The Balaban J connectivity index is 1.69. The fraction of sp³-hybridized carbons (Fsp3) is 0.238. The molecule has 1 atom stereocenters. The molecule has 2 aromatic carbocycles. The van der Waals surface area contributed by atoms with Crippen LogP contribution in [0.15, 0.2) is 53.6 Å². The maximum atomic E-state index is 14.3. The number of benzene rings is 2. The van der Waals surface area contributed by atoms with Crippen molar-refractivity contribution in [2.24, 2.45) is 0 Å². The number of hydrogen-bond acceptors (Lipinski definition) is 6. The lowest BCUT2D eigenvalue weighted by Gasteiger charge is -2.21. The summed E-state index contributed by atoms with van der Waals surface area (Å²) in [5, 5.41) is 2.71. The summed E-state index contributed by atoms with van der Waals surface area (Å²) >= 11 is 6.86. The lowest BCUT2D eigenvalue weighted by atomic mass is 10.1. The molecule has 1 amide bonds. The van der Waals surface area contributed by atoms with E-state index in [0.717, 1.165) is 36.3 Å². The zero-order chi connectivity index (χ0) is 23.6. The molecule has 1 aromatic heterocycles. The second-order valence-corrected chi connectivity index (χ2v) is 10.8. The molecule has 0 radical (unpaired) electrons. The monoisotopic (exact) mass is 513 g/mol. The Kier molecular flexibility index (Phi) is 6.94. The first-order valence-corrected chi connectivity index (χ1v) is 12.5. The molecule has 3 aromatic rings. The summed E-state index contributed by atoms with van der Waals surface area (Å²) in [5.74, 6) is -2.93. The van der Waals surface area contributed by atoms with E-state index in [4.69, 9.17) is 16.3 Å². The number of carbonyl (C=O) groups excluding carboxylic acids is 1. The highest BCUT2D eigenvalue weighted by Crippen LogP contribution is 2.30. The molecule has 2 heterocycles. The Labute approximate surface area is 198 Å². The van der Waals surface area contributed by atoms with Crippen LogP contribution >= 0.6 is 22.9 Å². The molecule has 0 bridgehead atoms. The van der Waals surface area contributed by atoms with Crippen molar-refractivity contribution in [3.8, 4) is 5.75 Å². The molecule has 1 N–H and O–H groups in total. The third-order valence-corrected chi connectivity index (χ3v) is 7.87. The second kappa shape index (κ2) is 9.72. The van der Waals surface area contributed by atoms with Gasteiger partial charge >= 0.3 is 0 Å². The van der Waals surface area contributed by atoms with E-state index in [-0.39, 0.29) is 21.3 Å². The Bertz CT molecular complexity index is 1280. The topological polar surface area (TPSA) is 88.6 Å². The highest BCUT2D eigenvalue weighted by molar-refractivity contribution is 7.89. The number of anilines is 1. The zero-order valence-corrected chi connectivity index (χ0v) is 19.4. The van der Waals surface area contributed by atoms with Crippen molar-refractivity contribution in [3.05, 3.63) is 70.2 Å². The fourth-order valence-corrected chi connectivity index (χ4v) is 5.76. The van der Waals surface area contributed by atoms with Crippen LogP contribution in [0.25, 0.3) is 0 Å². The second-order valence-electron chi connectivity index (χ2n) is 7.22. The fourth-order valence-electron chi connectivity index (χ4n) is 3.37. The zero-order valence-electron chi connectivity index (χ0n) is 17.0. The van der Waals surface area contributed by atoms with Crippen molar-refractivity contribution in [1.82, 2.24) is 9.29 Å². The predicted molar refractivity (Wildman–Crippen MR) is 120 cm³/mol. The van der Waals surface area contributed by atoms with Gasteiger partial charge in [-0.1, -0.05) is 35.1 Å². The first-order chi connectivity index (χ1) is 15.7. The van der Waals surface area contributed by atoms with Crippen LogP contribution in [0.1, 0.15) is 24.5 Å². The highest BCUT2D eigenvalue weighted by atomic mass is 35.5. The van der Waals surface area contributed by atoms with Crippen LogP contribution in [-0.4, -0.2) is 36.7 Å². The van der Waals surface area contributed by atoms with Crippen LogP contribution in [-0.2, 0) is 14.8 Å². The summed E-state index contributed by atoms with van der Waals surface area (Å²) in [6, 6.07) is 8.36. The average molecular weight is 514 g/mol. The molecule has 0 saturated carbocycles. The quantitative estimate of drug-likeness (QED) is 0.498. The van der Waals surface area contributed by atoms with Crippen LogP contribution < -0.4 is 10.1 Å². The van der Waals surface area contributed by atoms with Crippen molar-refractivity contribution in [3.63, 3.8) is 0 Å². The molecule has 1 unspecified atom stereocenters. The summed E-state index contributed by atoms with van der Waals surface area (Å²) < 4.78 is 60.9. The lowest BCUT2D eigenvalue weighted by molar-refractivity contribution is -0.123. The number of carbonyl (C=O) groups is 1. The molecule has 0 spiro atoms. The number of ether oxygens (including phenoxy) is 1. The van der Waals surface area contributed by atoms with E-state index in [1.807, 2.05) is 0 Å². The smallest absolute Gasteiger partial charge is 0.271 e. The maximum absolute atomic E-state index is 14.3. The maximum Gasteiger partial charge on any atom is 0.271 e. The number of rotatable bonds is 7. The van der Waals surface area contributed by atoms with Crippen molar-refractivity contribution in [1.29, 1.82) is 0 Å². The van der Waals surface area contributed by atoms with Gasteiger partial charge in [0.2, 0.25) is 16.1 Å². The van der Waals surface area contributed by atoms with Gasteiger partial charge < -0.3 is 4.74 Å². The van der Waals surface area contributed by atoms with Gasteiger partial charge in [-0.25, -0.2) is 22.2 Å². The molecule has 1 saturated heterocycles. The van der Waals surface area contributed by atoms with Crippen molar-refractivity contribution in [2.45, 2.75) is 23.8 Å². The van der Waals surface area contributed by atoms with Gasteiger partial charge in [-0.3, -0.25) is 10.1 Å². The van der Waals surface area contributed by atoms with E-state index in [9.17, 15) is 22.0 Å². The van der Waals surface area contributed by atoms with Gasteiger partial charge in [0.25, 0.3) is 5.91 Å². The molecular formula is C21H18ClF2N3O4S2. The van der Waals surface area contributed by atoms with Gasteiger partial charge in [0.1, 0.15) is 10.2 Å². The number of aromatic nitrogens is 1. The number of sulfonamides is 1. The summed E-state index contributed by atoms with van der Waals surface area (Å²) in [6.07, 6.45) is 1.43. The molecule has 4 rings (SSSR count). The van der Waals surface area contributed by atoms with Gasteiger partial charge in [0, 0.05) is 24.7 Å². The van der Waals surface area contributed by atoms with Crippen LogP contribution in [0.5, 0.6) is 5.75 Å². The van der Waals surface area contributed by atoms with Crippen LogP contribution in [0.3, 0.4) is 0 Å². The Morgan fingerprint density at radius 2 is 1.94 bits per heavy atom. The average Bonchev–Trinajstić information content (AvgIpc) is 3.46. The van der Waals surface area contributed by atoms with E-state index in [1.165, 1.54) is 34.8 Å². The third-order valence-electron chi connectivity index (χ3n) is 4.95. The van der Waals surface area contributed by atoms with Gasteiger partial charge in [-0.2, -0.15) is 4.31 Å². The van der Waals surface area contributed by atoms with Gasteiger partial charge in [0.05, 0.1) is 11.1 Å². The van der Waals surface area contributed by atoms with Gasteiger partial charge in [-0.05, 0) is 37.1 Å². The normalized spacial score (nSPS) is 15.4. The molecule has 7 nitrogen and oxygen atoms in total. The van der Waals surface area contributed by atoms with Crippen LogP contribution in [0, 0.1) is 11.6 Å². The number of thiazole rings is 1. The van der Waals surface area contributed by atoms with E-state index in [0.29, 0.717) is 23.5 Å². The first-order valence-electron chi connectivity index (χ1n) is 9.88. The number of hydrogen-bond donors (Lipinski definition) is 1. The molecular weight excluding hydrogens is 496 g/mol. The minimum Gasteiger partial charge on any atom is -0.473 e. The number of halogens is 3. The molecule has 1 aliphatic rings. The van der Waals surface area contributed by atoms with Crippen molar-refractivity contribution < 1.29 is 26.7 Å². The summed E-state index contributed by atoms with van der Waals surface area (Å²) in [5.41, 5.74) is 0.166. The van der Waals surface area contributed by atoms with E-state index >= 15 is 0 Å². The molecule has 33 heavy (non-hydrogen) atoms. The highest BCUT2D eigenvalue weighted by Gasteiger charge is 2.30. The Morgan fingerprint density at radius 3 is 2.61 bits per heavy atom. The van der Waals surface area contributed by atoms with Crippen LogP contribution in [0.2, 0.25) is 4.34 Å². The molecule has 12 heteroatoms. The first kappa shape index (κ1) is 23.6. The predicted octanol–water partition coefficient (Wildman–Crippen LogP) is 4.62. The van der Waals surface area contributed by atoms with Gasteiger partial charge in [-0.15, -0.1) is 0 Å². The van der Waals surface area contributed by atoms with E-state index < -0.39 is 33.7 Å². The number of amides is 1. The molecule has 174 valence electrons. The summed E-state index contributed by atoms with van der Waals surface area (Å²) in [7, 11) is -3.77. The summed E-state index contributed by atoms with van der Waals surface area (Å²) in [6.45, 7) is 0.831. The van der Waals surface area contributed by atoms with Crippen molar-refractivity contribution >= 4 is 44.0 Å². The van der Waals surface area contributed by atoms with E-state index in [2.05, 4.69) is 10.3 Å². The van der Waals surface area contributed by atoms with E-state index in [1.54, 1.807) is 0 Å². The molecule has 1 fully saturated rings. The van der Waals surface area contributed by atoms with Gasteiger partial charge in [0.15, 0.2) is 16.7 Å². The minimum absolute atomic E-state index is 0.0137. The minimum atomic E-state index is -3.77. The Morgan fingerprint density at radius 1 is 1.18 bits per heavy atom. The molecule has 0 aliphatic carbocycles. The number of nitrogens with zero attached hydrogens (tertiary/aromatic N) is 2. The Hall–Kier alpha value is -2.60. The largest absolute Gasteiger partial charge is 0.473 e. The standard InChI is InChI=1S/C21H18ClF2N3O4S2/c22-18-12-25-21(32-18)26-20(28)19(31-17-7-6-14(23)11-16(17)24)13-4-3-5-15(10-13)33(29,30)27-8-1-2-9-27/h3-7,10-12,19H,1-2,8-9H2,(H,25,26,28). The SMILES string of the molecule is O=C(Nc1ncc(Cl)s1)C(Oc1ccc(F)cc1F)c1cccc(S(=O)(=O)N2CCCC2)c1. The number of nitrogens with one attached hydrogen (secondary N) is 1. The van der Waals surface area contributed by atoms with Crippen LogP contribution in [0.4, 0.5) is 13.9 Å². The lowest BCUT2D eigenvalue weighted by Crippen LogP contribution is -2.29.